The molecule has 2 N–H and O–H groups in total. The van der Waals surface area contributed by atoms with E-state index in [1.165, 1.54) is 0 Å². The number of nitrogens with one attached hydrogen (secondary N) is 1. The van der Waals surface area contributed by atoms with Gasteiger partial charge in [0.05, 0.1) is 12.9 Å². The number of H-pyrrole nitrogens is 1. The first-order chi connectivity index (χ1) is 12.8. The van der Waals surface area contributed by atoms with Crippen LogP contribution in [0.3, 0.4) is 0 Å². The van der Waals surface area contributed by atoms with Crippen LogP contribution in [0.4, 0.5) is 8.78 Å². The number of aliphatic hydroxyl groups is 1. The van der Waals surface area contributed by atoms with Crippen LogP contribution in [0.1, 0.15) is 32.8 Å². The number of halogens is 2. The van der Waals surface area contributed by atoms with E-state index < -0.39 is 44.8 Å². The van der Waals surface area contributed by atoms with Gasteiger partial charge in [0, 0.05) is 0 Å². The van der Waals surface area contributed by atoms with Gasteiger partial charge in [-0.25, -0.2) is 9.97 Å². The Morgan fingerprint density at radius 2 is 2.07 bits per heavy atom. The average Bonchev–Trinajstić information content (AvgIpc) is 3.06. The minimum Gasteiger partial charge on any atom is -0.405 e. The van der Waals surface area contributed by atoms with E-state index in [4.69, 9.17) is 9.16 Å². The van der Waals surface area contributed by atoms with Crippen molar-refractivity contribution in [3.05, 3.63) is 22.5 Å². The standard InChI is InChI=1S/C17H26F2N4O4Si/c1-9-21-13-11(14(25)22-9)20-8-23(13)15-17(18,19)12(10(7-24)26-15)27-28(5,6)16(2,3)4/h8,10,12,15,24H,7H2,1-6H3,(H,21,22,25)/t10-,12?,15-/m1/s1. The Morgan fingerprint density at radius 1 is 1.43 bits per heavy atom. The molecule has 0 saturated carbocycles. The Hall–Kier alpha value is -1.69. The lowest BCUT2D eigenvalue weighted by Gasteiger charge is -2.40. The maximum atomic E-state index is 15.4. The van der Waals surface area contributed by atoms with E-state index in [1.807, 2.05) is 33.9 Å². The lowest BCUT2D eigenvalue weighted by molar-refractivity contribution is -0.135. The molecule has 3 heterocycles. The molecule has 0 aliphatic carbocycles. The van der Waals surface area contributed by atoms with Crippen LogP contribution in [-0.4, -0.2) is 57.7 Å². The second-order valence-corrected chi connectivity index (χ2v) is 13.4. The number of aromatic amines is 1. The van der Waals surface area contributed by atoms with Crippen molar-refractivity contribution >= 4 is 19.5 Å². The van der Waals surface area contributed by atoms with Gasteiger partial charge in [0.25, 0.3) is 5.56 Å². The van der Waals surface area contributed by atoms with Crippen molar-refractivity contribution in [3.8, 4) is 0 Å². The molecule has 0 aromatic carbocycles. The molecule has 2 aromatic rings. The van der Waals surface area contributed by atoms with Crippen LogP contribution in [0.5, 0.6) is 0 Å². The molecule has 0 bridgehead atoms. The highest BCUT2D eigenvalue weighted by Crippen LogP contribution is 2.48. The van der Waals surface area contributed by atoms with E-state index in [0.29, 0.717) is 0 Å². The molecule has 8 nitrogen and oxygen atoms in total. The fraction of sp³-hybridized carbons (Fsp3) is 0.706. The summed E-state index contributed by atoms with van der Waals surface area (Å²) in [6.45, 7) is 10.5. The number of rotatable bonds is 4. The van der Waals surface area contributed by atoms with Gasteiger partial charge in [0.15, 0.2) is 19.5 Å². The van der Waals surface area contributed by atoms with E-state index in [-0.39, 0.29) is 22.0 Å². The van der Waals surface area contributed by atoms with Gasteiger partial charge in [0.1, 0.15) is 18.0 Å². The highest BCUT2D eigenvalue weighted by atomic mass is 28.4. The number of hydrogen-bond donors (Lipinski definition) is 2. The van der Waals surface area contributed by atoms with Crippen LogP contribution in [0.2, 0.25) is 18.1 Å². The molecule has 2 aromatic heterocycles. The molecular weight excluding hydrogens is 390 g/mol. The zero-order valence-electron chi connectivity index (χ0n) is 16.8. The number of alkyl halides is 2. The third kappa shape index (κ3) is 3.29. The van der Waals surface area contributed by atoms with Crippen LogP contribution in [-0.2, 0) is 9.16 Å². The lowest BCUT2D eigenvalue weighted by Crippen LogP contribution is -2.52. The summed E-state index contributed by atoms with van der Waals surface area (Å²) in [4.78, 5) is 22.5. The van der Waals surface area contributed by atoms with Crippen LogP contribution in [0.25, 0.3) is 11.2 Å². The van der Waals surface area contributed by atoms with E-state index >= 15 is 8.78 Å². The minimum atomic E-state index is -3.46. The molecule has 28 heavy (non-hydrogen) atoms. The predicted molar refractivity (Wildman–Crippen MR) is 101 cm³/mol. The quantitative estimate of drug-likeness (QED) is 0.742. The monoisotopic (exact) mass is 416 g/mol. The zero-order chi connectivity index (χ0) is 21.1. The van der Waals surface area contributed by atoms with E-state index in [2.05, 4.69) is 15.0 Å². The van der Waals surface area contributed by atoms with Gasteiger partial charge in [-0.1, -0.05) is 20.8 Å². The average molecular weight is 417 g/mol. The molecule has 3 atom stereocenters. The Bertz CT molecular complexity index is 937. The highest BCUT2D eigenvalue weighted by Gasteiger charge is 2.62. The molecule has 1 saturated heterocycles. The summed E-state index contributed by atoms with van der Waals surface area (Å²) < 4.78 is 43.3. The van der Waals surface area contributed by atoms with Gasteiger partial charge in [0.2, 0.25) is 6.23 Å². The number of hydrogen-bond acceptors (Lipinski definition) is 6. The van der Waals surface area contributed by atoms with E-state index in [0.717, 1.165) is 10.9 Å². The smallest absolute Gasteiger partial charge is 0.319 e. The molecular formula is C17H26F2N4O4Si. The van der Waals surface area contributed by atoms with E-state index in [1.54, 1.807) is 6.92 Å². The van der Waals surface area contributed by atoms with E-state index in [9.17, 15) is 9.90 Å². The number of aryl methyl sites for hydroxylation is 1. The second-order valence-electron chi connectivity index (χ2n) is 8.66. The van der Waals surface area contributed by atoms with Crippen molar-refractivity contribution in [2.45, 2.75) is 70.2 Å². The third-order valence-electron chi connectivity index (χ3n) is 5.56. The highest BCUT2D eigenvalue weighted by molar-refractivity contribution is 6.74. The van der Waals surface area contributed by atoms with Crippen LogP contribution in [0, 0.1) is 6.92 Å². The van der Waals surface area contributed by atoms with Crippen LogP contribution in [0.15, 0.2) is 11.1 Å². The number of ether oxygens (including phenoxy) is 1. The molecule has 0 spiro atoms. The molecule has 0 radical (unpaired) electrons. The first-order valence-corrected chi connectivity index (χ1v) is 12.0. The van der Waals surface area contributed by atoms with Gasteiger partial charge in [-0.2, -0.15) is 8.78 Å². The molecule has 1 unspecified atom stereocenters. The fourth-order valence-electron chi connectivity index (χ4n) is 2.96. The van der Waals surface area contributed by atoms with Gasteiger partial charge in [-0.05, 0) is 25.1 Å². The first-order valence-electron chi connectivity index (χ1n) is 9.05. The van der Waals surface area contributed by atoms with Gasteiger partial charge in [-0.3, -0.25) is 9.36 Å². The number of aliphatic hydroxyl groups excluding tert-OH is 1. The normalized spacial score (nSPS) is 25.5. The first kappa shape index (κ1) is 21.0. The summed E-state index contributed by atoms with van der Waals surface area (Å²) >= 11 is 0. The van der Waals surface area contributed by atoms with Gasteiger partial charge < -0.3 is 19.3 Å². The number of aromatic nitrogens is 4. The van der Waals surface area contributed by atoms with Crippen molar-refractivity contribution < 1.29 is 23.1 Å². The molecule has 1 aliphatic heterocycles. The Balaban J connectivity index is 2.04. The summed E-state index contributed by atoms with van der Waals surface area (Å²) in [5, 5.41) is 9.37. The second kappa shape index (κ2) is 6.68. The number of imidazole rings is 1. The minimum absolute atomic E-state index is 0.00408. The molecule has 11 heteroatoms. The SMILES string of the molecule is Cc1nc2c(ncn2[C@@H]2O[C@H](CO)C(O[Si](C)(C)C(C)(C)C)C2(F)F)c(=O)[nH]1. The van der Waals surface area contributed by atoms with Crippen molar-refractivity contribution in [2.75, 3.05) is 6.61 Å². The molecule has 0 amide bonds. The lowest BCUT2D eigenvalue weighted by atomic mass is 10.1. The van der Waals surface area contributed by atoms with Crippen molar-refractivity contribution in [1.82, 2.24) is 19.5 Å². The summed E-state index contributed by atoms with van der Waals surface area (Å²) in [5.74, 6) is -3.19. The number of nitrogens with zero attached hydrogens (tertiary/aromatic N) is 3. The Labute approximate surface area is 162 Å². The third-order valence-corrected chi connectivity index (χ3v) is 10.0. The van der Waals surface area contributed by atoms with Gasteiger partial charge >= 0.3 is 5.92 Å². The van der Waals surface area contributed by atoms with Crippen LogP contribution >= 0.6 is 0 Å². The maximum Gasteiger partial charge on any atom is 0.319 e. The largest absolute Gasteiger partial charge is 0.405 e. The molecule has 3 rings (SSSR count). The predicted octanol–water partition coefficient (Wildman–Crippen LogP) is 2.34. The van der Waals surface area contributed by atoms with Crippen molar-refractivity contribution in [1.29, 1.82) is 0 Å². The van der Waals surface area contributed by atoms with Crippen molar-refractivity contribution in [2.24, 2.45) is 0 Å². The summed E-state index contributed by atoms with van der Waals surface area (Å²) in [5.41, 5.74) is -0.578. The fourth-order valence-corrected chi connectivity index (χ4v) is 4.26. The maximum absolute atomic E-state index is 15.4. The summed E-state index contributed by atoms with van der Waals surface area (Å²) in [7, 11) is -2.57. The Kier molecular flexibility index (Phi) is 5.02. The molecule has 156 valence electrons. The number of fused-ring (bicyclic) bond motifs is 1. The Morgan fingerprint density at radius 3 is 2.64 bits per heavy atom. The zero-order valence-corrected chi connectivity index (χ0v) is 17.8. The summed E-state index contributed by atoms with van der Waals surface area (Å²) in [6.07, 6.45) is -3.52. The van der Waals surface area contributed by atoms with Gasteiger partial charge in [-0.15, -0.1) is 0 Å². The molecule has 1 aliphatic rings. The van der Waals surface area contributed by atoms with Crippen LogP contribution < -0.4 is 5.56 Å². The van der Waals surface area contributed by atoms with Crippen molar-refractivity contribution in [3.63, 3.8) is 0 Å². The summed E-state index contributed by atoms with van der Waals surface area (Å²) in [6, 6.07) is 0. The molecule has 1 fully saturated rings. The topological polar surface area (TPSA) is 102 Å².